The van der Waals surface area contributed by atoms with Crippen LogP contribution in [-0.2, 0) is 6.42 Å². The van der Waals surface area contributed by atoms with Crippen LogP contribution in [0, 0.1) is 6.42 Å². The van der Waals surface area contributed by atoms with E-state index in [0.717, 1.165) is 41.4 Å². The lowest BCUT2D eigenvalue weighted by Crippen LogP contribution is -2.00. The Morgan fingerprint density at radius 3 is 2.82 bits per heavy atom. The number of aromatic hydroxyl groups is 1. The van der Waals surface area contributed by atoms with Crippen molar-refractivity contribution in [1.29, 1.82) is 0 Å². The number of hydrogen-bond acceptors (Lipinski definition) is 6. The first-order valence-corrected chi connectivity index (χ1v) is 9.91. The van der Waals surface area contributed by atoms with Crippen molar-refractivity contribution < 1.29 is 14.9 Å². The molecule has 1 aromatic heterocycles. The summed E-state index contributed by atoms with van der Waals surface area (Å²) in [6.45, 7) is 0.233. The van der Waals surface area contributed by atoms with Gasteiger partial charge in [-0.25, -0.2) is 9.97 Å². The second kappa shape index (κ2) is 9.71. The molecule has 2 aromatic carbocycles. The molecule has 1 heterocycles. The van der Waals surface area contributed by atoms with Gasteiger partial charge in [-0.3, -0.25) is 0 Å². The minimum absolute atomic E-state index is 0.0412. The number of nitrogens with one attached hydrogen (secondary N) is 1. The summed E-state index contributed by atoms with van der Waals surface area (Å²) >= 11 is 3.53. The zero-order chi connectivity index (χ0) is 19.9. The first-order chi connectivity index (χ1) is 13.6. The molecule has 0 aliphatic carbocycles. The molecule has 0 aliphatic heterocycles. The van der Waals surface area contributed by atoms with Crippen LogP contribution in [0.3, 0.4) is 0 Å². The van der Waals surface area contributed by atoms with E-state index in [0.29, 0.717) is 22.5 Å². The standard InChI is InChI=1S/C21H23BrN3O3/c1-28-20-12-18-16(11-19(20)27)21(24-13-23-18)25-17-10-15(22)8-7-14(17)6-4-2-3-5-9-26/h4,7-8,10-13,26-27H,2-3,5-6,9H2,1H3,(H,23,24,25). The van der Waals surface area contributed by atoms with Gasteiger partial charge in [0.25, 0.3) is 0 Å². The highest BCUT2D eigenvalue weighted by Crippen LogP contribution is 2.34. The summed E-state index contributed by atoms with van der Waals surface area (Å²) < 4.78 is 6.12. The minimum Gasteiger partial charge on any atom is -0.504 e. The molecule has 0 bridgehead atoms. The molecule has 7 heteroatoms. The third-order valence-corrected chi connectivity index (χ3v) is 4.93. The number of benzene rings is 2. The van der Waals surface area contributed by atoms with Crippen LogP contribution >= 0.6 is 15.9 Å². The number of aliphatic hydroxyl groups excluding tert-OH is 1. The van der Waals surface area contributed by atoms with Crippen LogP contribution in [0.25, 0.3) is 10.9 Å². The summed E-state index contributed by atoms with van der Waals surface area (Å²) in [5, 5.41) is 23.1. The molecule has 3 rings (SSSR count). The molecule has 0 aliphatic rings. The molecule has 3 aromatic rings. The number of methoxy groups -OCH3 is 1. The summed E-state index contributed by atoms with van der Waals surface area (Å²) in [4.78, 5) is 8.64. The van der Waals surface area contributed by atoms with Gasteiger partial charge >= 0.3 is 0 Å². The molecule has 28 heavy (non-hydrogen) atoms. The van der Waals surface area contributed by atoms with Gasteiger partial charge in [0.15, 0.2) is 11.5 Å². The van der Waals surface area contributed by atoms with E-state index in [1.807, 2.05) is 12.1 Å². The van der Waals surface area contributed by atoms with Crippen LogP contribution in [0.4, 0.5) is 11.5 Å². The molecule has 0 fully saturated rings. The zero-order valence-corrected chi connectivity index (χ0v) is 17.2. The first-order valence-electron chi connectivity index (χ1n) is 9.12. The van der Waals surface area contributed by atoms with Gasteiger partial charge in [0.05, 0.1) is 12.6 Å². The highest BCUT2D eigenvalue weighted by atomic mass is 79.9. The molecule has 0 saturated heterocycles. The monoisotopic (exact) mass is 444 g/mol. The van der Waals surface area contributed by atoms with Gasteiger partial charge < -0.3 is 20.3 Å². The fourth-order valence-corrected chi connectivity index (χ4v) is 3.33. The van der Waals surface area contributed by atoms with Crippen LogP contribution in [0.1, 0.15) is 24.8 Å². The number of ether oxygens (including phenoxy) is 1. The largest absolute Gasteiger partial charge is 0.504 e. The van der Waals surface area contributed by atoms with E-state index < -0.39 is 0 Å². The lowest BCUT2D eigenvalue weighted by molar-refractivity contribution is 0.284. The maximum absolute atomic E-state index is 10.1. The first kappa shape index (κ1) is 20.4. The molecular weight excluding hydrogens is 422 g/mol. The molecule has 0 atom stereocenters. The van der Waals surface area contributed by atoms with Gasteiger partial charge in [0.1, 0.15) is 12.1 Å². The molecule has 0 unspecified atom stereocenters. The fourth-order valence-electron chi connectivity index (χ4n) is 2.96. The van der Waals surface area contributed by atoms with Crippen LogP contribution < -0.4 is 10.1 Å². The molecule has 0 saturated carbocycles. The number of hydrogen-bond donors (Lipinski definition) is 3. The van der Waals surface area contributed by atoms with Crippen molar-refractivity contribution in [3.63, 3.8) is 0 Å². The molecule has 0 spiro atoms. The Morgan fingerprint density at radius 2 is 2.04 bits per heavy atom. The van der Waals surface area contributed by atoms with Gasteiger partial charge in [-0.2, -0.15) is 0 Å². The Morgan fingerprint density at radius 1 is 1.18 bits per heavy atom. The predicted molar refractivity (Wildman–Crippen MR) is 114 cm³/mol. The van der Waals surface area contributed by atoms with Crippen molar-refractivity contribution in [2.24, 2.45) is 0 Å². The number of aromatic nitrogens is 2. The van der Waals surface area contributed by atoms with Crippen LogP contribution in [0.5, 0.6) is 11.5 Å². The number of anilines is 2. The number of halogens is 1. The Labute approximate surface area is 172 Å². The second-order valence-corrected chi connectivity index (χ2v) is 7.32. The summed E-state index contributed by atoms with van der Waals surface area (Å²) in [6, 6.07) is 9.38. The molecule has 6 nitrogen and oxygen atoms in total. The Balaban J connectivity index is 1.87. The van der Waals surface area contributed by atoms with E-state index in [-0.39, 0.29) is 12.4 Å². The Kier molecular flexibility index (Phi) is 7.06. The maximum atomic E-state index is 10.1. The average Bonchev–Trinajstić information content (AvgIpc) is 2.69. The van der Waals surface area contributed by atoms with E-state index in [2.05, 4.69) is 43.7 Å². The van der Waals surface area contributed by atoms with E-state index >= 15 is 0 Å². The smallest absolute Gasteiger partial charge is 0.162 e. The number of unbranched alkanes of at least 4 members (excludes halogenated alkanes) is 3. The number of nitrogens with zero attached hydrogens (tertiary/aromatic N) is 2. The van der Waals surface area contributed by atoms with E-state index in [1.165, 1.54) is 13.4 Å². The van der Waals surface area contributed by atoms with E-state index in [1.54, 1.807) is 12.1 Å². The molecule has 1 radical (unpaired) electrons. The van der Waals surface area contributed by atoms with Crippen molar-refractivity contribution in [2.75, 3.05) is 19.0 Å². The lowest BCUT2D eigenvalue weighted by atomic mass is 10.0. The molecule has 0 amide bonds. The summed E-state index contributed by atoms with van der Waals surface area (Å²) in [7, 11) is 1.51. The summed E-state index contributed by atoms with van der Waals surface area (Å²) in [6.07, 6.45) is 7.28. The van der Waals surface area contributed by atoms with Crippen molar-refractivity contribution in [2.45, 2.75) is 25.7 Å². The van der Waals surface area contributed by atoms with Crippen molar-refractivity contribution in [1.82, 2.24) is 9.97 Å². The summed E-state index contributed by atoms with van der Waals surface area (Å²) in [5.41, 5.74) is 2.75. The van der Waals surface area contributed by atoms with Gasteiger partial charge in [-0.05, 0) is 49.4 Å². The third kappa shape index (κ3) is 4.91. The number of phenolic OH excluding ortho intramolecular Hbond substituents is 1. The fraction of sp³-hybridized carbons (Fsp3) is 0.286. The highest BCUT2D eigenvalue weighted by molar-refractivity contribution is 9.10. The van der Waals surface area contributed by atoms with Gasteiger partial charge in [0.2, 0.25) is 0 Å². The maximum Gasteiger partial charge on any atom is 0.162 e. The Hall–Kier alpha value is -2.38. The van der Waals surface area contributed by atoms with Crippen LogP contribution in [0.15, 0.2) is 41.1 Å². The van der Waals surface area contributed by atoms with E-state index in [9.17, 15) is 5.11 Å². The zero-order valence-electron chi connectivity index (χ0n) is 15.7. The van der Waals surface area contributed by atoms with Gasteiger partial charge in [0, 0.05) is 28.2 Å². The number of fused-ring (bicyclic) bond motifs is 1. The van der Waals surface area contributed by atoms with Crippen molar-refractivity contribution in [3.05, 3.63) is 53.1 Å². The third-order valence-electron chi connectivity index (χ3n) is 4.44. The van der Waals surface area contributed by atoms with Crippen LogP contribution in [0.2, 0.25) is 0 Å². The highest BCUT2D eigenvalue weighted by Gasteiger charge is 2.12. The SMILES string of the molecule is COc1cc2ncnc(Nc3cc(Br)ccc3C[CH]CCCCO)c2cc1O. The average molecular weight is 445 g/mol. The normalized spacial score (nSPS) is 11.0. The lowest BCUT2D eigenvalue weighted by Gasteiger charge is -2.14. The van der Waals surface area contributed by atoms with Crippen LogP contribution in [-0.4, -0.2) is 33.9 Å². The predicted octanol–water partition coefficient (Wildman–Crippen LogP) is 4.76. The topological polar surface area (TPSA) is 87.5 Å². The number of phenols is 1. The Bertz CT molecular complexity index is 950. The second-order valence-electron chi connectivity index (χ2n) is 6.40. The quantitative estimate of drug-likeness (QED) is 0.412. The van der Waals surface area contributed by atoms with Gasteiger partial charge in [-0.15, -0.1) is 0 Å². The minimum atomic E-state index is 0.0412. The summed E-state index contributed by atoms with van der Waals surface area (Å²) in [5.74, 6) is 1.03. The molecular formula is C21H23BrN3O3. The van der Waals surface area contributed by atoms with Crippen molar-refractivity contribution in [3.8, 4) is 11.5 Å². The number of aliphatic hydroxyl groups is 1. The molecule has 147 valence electrons. The van der Waals surface area contributed by atoms with E-state index in [4.69, 9.17) is 9.84 Å². The number of rotatable bonds is 9. The van der Waals surface area contributed by atoms with Gasteiger partial charge in [-0.1, -0.05) is 28.4 Å². The van der Waals surface area contributed by atoms with Crippen molar-refractivity contribution >= 4 is 38.3 Å². The molecule has 3 N–H and O–H groups in total.